The lowest BCUT2D eigenvalue weighted by Crippen LogP contribution is -2.32. The normalized spacial score (nSPS) is 12.2. The lowest BCUT2D eigenvalue weighted by Gasteiger charge is -2.19. The second kappa shape index (κ2) is 17.5. The summed E-state index contributed by atoms with van der Waals surface area (Å²) in [7, 11) is 3.02. The molecule has 0 N–H and O–H groups in total. The lowest BCUT2D eigenvalue weighted by molar-refractivity contribution is -0.146. The molecule has 0 fully saturated rings. The van der Waals surface area contributed by atoms with Crippen molar-refractivity contribution < 1.29 is 42.7 Å². The molecule has 0 saturated carbocycles. The first-order valence-electron chi connectivity index (χ1n) is 13.1. The van der Waals surface area contributed by atoms with Crippen molar-refractivity contribution in [1.29, 1.82) is 0 Å². The first-order valence-corrected chi connectivity index (χ1v) is 13.1. The Bertz CT molecular complexity index is 970. The Balaban J connectivity index is 1.15. The topological polar surface area (TPSA) is 102 Å². The molecule has 1 aliphatic carbocycles. The quantitative estimate of drug-likeness (QED) is 0.195. The molecule has 10 nitrogen and oxygen atoms in total. The van der Waals surface area contributed by atoms with Crippen LogP contribution in [0.3, 0.4) is 0 Å². The molecule has 2 aromatic rings. The fourth-order valence-electron chi connectivity index (χ4n) is 4.09. The number of benzene rings is 2. The molecule has 1 amide bonds. The molecule has 0 atom stereocenters. The van der Waals surface area contributed by atoms with E-state index in [2.05, 4.69) is 29.0 Å². The summed E-state index contributed by atoms with van der Waals surface area (Å²) < 4.78 is 37.0. The molecule has 0 aliphatic heterocycles. The van der Waals surface area contributed by atoms with Gasteiger partial charge >= 0.3 is 12.1 Å². The van der Waals surface area contributed by atoms with E-state index in [0.29, 0.717) is 72.6 Å². The molecule has 0 heterocycles. The number of fused-ring (bicyclic) bond motifs is 3. The summed E-state index contributed by atoms with van der Waals surface area (Å²) in [6, 6.07) is 16.5. The third-order valence-electron chi connectivity index (χ3n) is 6.15. The van der Waals surface area contributed by atoms with Crippen LogP contribution in [-0.2, 0) is 38.0 Å². The molecule has 0 spiro atoms. The van der Waals surface area contributed by atoms with Gasteiger partial charge in [0.2, 0.25) is 0 Å². The lowest BCUT2D eigenvalue weighted by atomic mass is 9.98. The molecule has 39 heavy (non-hydrogen) atoms. The number of methoxy groups -OCH3 is 1. The van der Waals surface area contributed by atoms with Crippen LogP contribution < -0.4 is 0 Å². The van der Waals surface area contributed by atoms with E-state index in [-0.39, 0.29) is 18.6 Å². The number of hydrogen-bond acceptors (Lipinski definition) is 9. The third kappa shape index (κ3) is 10.2. The summed E-state index contributed by atoms with van der Waals surface area (Å²) in [5.41, 5.74) is 4.79. The average Bonchev–Trinajstić information content (AvgIpc) is 3.28. The van der Waals surface area contributed by atoms with E-state index in [0.717, 1.165) is 0 Å². The zero-order chi connectivity index (χ0) is 27.7. The van der Waals surface area contributed by atoms with Crippen molar-refractivity contribution in [3.8, 4) is 11.1 Å². The highest BCUT2D eigenvalue weighted by Crippen LogP contribution is 2.44. The summed E-state index contributed by atoms with van der Waals surface area (Å²) in [4.78, 5) is 24.9. The van der Waals surface area contributed by atoms with Gasteiger partial charge in [0, 0.05) is 19.5 Å². The minimum absolute atomic E-state index is 0.0403. The number of amides is 1. The summed E-state index contributed by atoms with van der Waals surface area (Å²) >= 11 is 0. The Morgan fingerprint density at radius 3 is 1.67 bits per heavy atom. The van der Waals surface area contributed by atoms with E-state index in [1.165, 1.54) is 34.3 Å². The van der Waals surface area contributed by atoms with E-state index in [1.54, 1.807) is 7.05 Å². The Hall–Kier alpha value is -3.02. The van der Waals surface area contributed by atoms with Crippen molar-refractivity contribution in [2.24, 2.45) is 0 Å². The van der Waals surface area contributed by atoms with Crippen LogP contribution >= 0.6 is 0 Å². The number of esters is 1. The maximum Gasteiger partial charge on any atom is 0.409 e. The van der Waals surface area contributed by atoms with E-state index in [4.69, 9.17) is 28.4 Å². The highest BCUT2D eigenvalue weighted by Gasteiger charge is 2.29. The largest absolute Gasteiger partial charge is 0.467 e. The summed E-state index contributed by atoms with van der Waals surface area (Å²) in [5, 5.41) is 0. The van der Waals surface area contributed by atoms with Gasteiger partial charge in [0.15, 0.2) is 0 Å². The van der Waals surface area contributed by atoms with Gasteiger partial charge in [0.25, 0.3) is 0 Å². The predicted molar refractivity (Wildman–Crippen MR) is 144 cm³/mol. The minimum atomic E-state index is -0.412. The van der Waals surface area contributed by atoms with Gasteiger partial charge in [-0.15, -0.1) is 0 Å². The van der Waals surface area contributed by atoms with Gasteiger partial charge < -0.3 is 38.1 Å². The Kier molecular flexibility index (Phi) is 13.7. The summed E-state index contributed by atoms with van der Waals surface area (Å²) in [5.74, 6) is -0.372. The van der Waals surface area contributed by atoms with Gasteiger partial charge in [-0.1, -0.05) is 48.5 Å². The minimum Gasteiger partial charge on any atom is -0.467 e. The van der Waals surface area contributed by atoms with E-state index in [9.17, 15) is 9.59 Å². The van der Waals surface area contributed by atoms with Crippen molar-refractivity contribution >= 4 is 12.1 Å². The van der Waals surface area contributed by atoms with E-state index >= 15 is 0 Å². The second-order valence-electron chi connectivity index (χ2n) is 8.80. The first-order chi connectivity index (χ1) is 19.1. The smallest absolute Gasteiger partial charge is 0.409 e. The fourth-order valence-corrected chi connectivity index (χ4v) is 4.09. The van der Waals surface area contributed by atoms with Gasteiger partial charge in [-0.25, -0.2) is 9.59 Å². The van der Waals surface area contributed by atoms with Crippen LogP contribution in [0, 0.1) is 0 Å². The molecular weight excluding hydrogens is 506 g/mol. The molecule has 3 rings (SSSR count). The maximum absolute atomic E-state index is 12.5. The number of carbonyl (C=O) groups excluding carboxylic acids is 2. The van der Waals surface area contributed by atoms with Crippen molar-refractivity contribution in [1.82, 2.24) is 4.90 Å². The Morgan fingerprint density at radius 2 is 1.15 bits per heavy atom. The van der Waals surface area contributed by atoms with Crippen LogP contribution in [0.15, 0.2) is 48.5 Å². The number of nitrogens with zero attached hydrogens (tertiary/aromatic N) is 1. The predicted octanol–water partition coefficient (Wildman–Crippen LogP) is 3.12. The summed E-state index contributed by atoms with van der Waals surface area (Å²) in [6.07, 6.45) is -0.369. The Labute approximate surface area is 230 Å². The first kappa shape index (κ1) is 30.5. The van der Waals surface area contributed by atoms with Crippen LogP contribution in [0.25, 0.3) is 11.1 Å². The molecule has 0 radical (unpaired) electrons. The van der Waals surface area contributed by atoms with Crippen LogP contribution in [-0.4, -0.2) is 110 Å². The molecule has 10 heteroatoms. The monoisotopic (exact) mass is 545 g/mol. The maximum atomic E-state index is 12.5. The van der Waals surface area contributed by atoms with Crippen LogP contribution in [0.5, 0.6) is 0 Å². The van der Waals surface area contributed by atoms with Crippen molar-refractivity contribution in [3.05, 3.63) is 59.7 Å². The molecule has 214 valence electrons. The summed E-state index contributed by atoms with van der Waals surface area (Å²) in [6.45, 7) is 4.37. The highest BCUT2D eigenvalue weighted by molar-refractivity contribution is 5.79. The fraction of sp³-hybridized carbons (Fsp3) is 0.517. The van der Waals surface area contributed by atoms with Crippen LogP contribution in [0.1, 0.15) is 17.0 Å². The van der Waals surface area contributed by atoms with Crippen molar-refractivity contribution in [2.75, 3.05) is 93.4 Å². The van der Waals surface area contributed by atoms with Gasteiger partial charge in [0.05, 0.1) is 66.6 Å². The number of likely N-dealkylation sites (N-methyl/N-ethyl adjacent to an activating group) is 1. The molecule has 0 aromatic heterocycles. The van der Waals surface area contributed by atoms with Gasteiger partial charge in [-0.2, -0.15) is 0 Å². The van der Waals surface area contributed by atoms with Crippen molar-refractivity contribution in [2.45, 2.75) is 5.92 Å². The zero-order valence-corrected chi connectivity index (χ0v) is 22.8. The van der Waals surface area contributed by atoms with Crippen LogP contribution in [0.4, 0.5) is 4.79 Å². The zero-order valence-electron chi connectivity index (χ0n) is 22.8. The molecule has 0 saturated heterocycles. The number of rotatable bonds is 19. The molecule has 0 bridgehead atoms. The molecule has 2 aromatic carbocycles. The van der Waals surface area contributed by atoms with Crippen LogP contribution in [0.2, 0.25) is 0 Å². The Morgan fingerprint density at radius 1 is 0.692 bits per heavy atom. The number of carbonyl (C=O) groups is 2. The highest BCUT2D eigenvalue weighted by atomic mass is 16.6. The standard InChI is InChI=1S/C29H39NO9/c1-30(11-12-34-13-14-35-15-16-36-17-18-37-19-20-38-22-28(31)33-2)29(32)39-21-27-25-9-5-3-7-23(25)24-8-4-6-10-26(24)27/h3-10,27H,11-22H2,1-2H3. The second-order valence-corrected chi connectivity index (χ2v) is 8.80. The number of hydrogen-bond donors (Lipinski definition) is 0. The third-order valence-corrected chi connectivity index (χ3v) is 6.15. The van der Waals surface area contributed by atoms with Gasteiger partial charge in [-0.3, -0.25) is 0 Å². The van der Waals surface area contributed by atoms with E-state index < -0.39 is 5.97 Å². The molecule has 0 unspecified atom stereocenters. The van der Waals surface area contributed by atoms with E-state index in [1.807, 2.05) is 24.3 Å². The number of ether oxygens (including phenoxy) is 7. The van der Waals surface area contributed by atoms with Gasteiger partial charge in [-0.05, 0) is 22.3 Å². The van der Waals surface area contributed by atoms with Crippen molar-refractivity contribution in [3.63, 3.8) is 0 Å². The van der Waals surface area contributed by atoms with Gasteiger partial charge in [0.1, 0.15) is 13.2 Å². The SMILES string of the molecule is COC(=O)COCCOCCOCCOCCOCCN(C)C(=O)OCC1c2ccccc2-c2ccccc21. The molecular formula is C29H39NO9. The molecule has 1 aliphatic rings. The average molecular weight is 546 g/mol.